The van der Waals surface area contributed by atoms with E-state index in [1.54, 1.807) is 44.8 Å². The third-order valence-corrected chi connectivity index (χ3v) is 19.9. The van der Waals surface area contributed by atoms with E-state index in [1.165, 1.54) is 29.9 Å². The number of likely N-dealkylation sites (tertiary alicyclic amines) is 4. The minimum absolute atomic E-state index is 0.00735. The van der Waals surface area contributed by atoms with Gasteiger partial charge in [-0.3, -0.25) is 28.8 Å². The summed E-state index contributed by atoms with van der Waals surface area (Å²) in [6.07, 6.45) is 34.8. The van der Waals surface area contributed by atoms with Gasteiger partial charge in [-0.15, -0.1) is 0 Å². The van der Waals surface area contributed by atoms with Crippen molar-refractivity contribution in [2.75, 3.05) is 65.6 Å². The average molecular weight is 1360 g/mol. The van der Waals surface area contributed by atoms with Crippen molar-refractivity contribution >= 4 is 91.5 Å². The van der Waals surface area contributed by atoms with Crippen molar-refractivity contribution in [2.24, 2.45) is 35.5 Å². The Kier molecular flexibility index (Phi) is 23.5. The van der Waals surface area contributed by atoms with Crippen LogP contribution in [0.5, 0.6) is 0 Å². The molecule has 100 heavy (non-hydrogen) atoms. The molecule has 8 aromatic rings. The lowest BCUT2D eigenvalue weighted by Gasteiger charge is -2.31. The number of nitrogens with one attached hydrogen (secondary N) is 4. The van der Waals surface area contributed by atoms with Gasteiger partial charge in [0.25, 0.3) is 0 Å². The topological polar surface area (TPSA) is 308 Å². The molecular weight excluding hydrogens is 1270 g/mol. The number of esters is 2. The molecule has 6 aliphatic rings. The van der Waals surface area contributed by atoms with Crippen LogP contribution in [0.3, 0.4) is 0 Å². The fraction of sp³-hybridized carbons (Fsp3) is 0.447. The van der Waals surface area contributed by atoms with Crippen LogP contribution in [-0.2, 0) is 54.3 Å². The minimum Gasteiger partial charge on any atom is -0.462 e. The Labute approximate surface area is 581 Å². The van der Waals surface area contributed by atoms with Crippen LogP contribution in [0, 0.1) is 35.5 Å². The van der Waals surface area contributed by atoms with Gasteiger partial charge in [0.2, 0.25) is 23.6 Å². The standard InChI is InChI=1S/C20H23N3O2.C19H22N4O2.C19H23N3O3.C18H22N4O3/c1-2-18(24)23-7-5-13(6-8-23)9-14-10-16-17(19(25)15-3-4-15)12-22-20(16)21-11-14;1-2-16(24)23-7-5-12(6-8-23)9-14-10-20-19-17(22-14)15(11-21-19)18(25)13-3-4-13;1-3-17(23)22-7-5-13(6-8-22)9-14-10-15-16(19(24)25-4-2)12-21-18(15)20-11-14;1-3-15(23)22-7-5-12(6-8-22)9-13-10-19-17-16(21-13)14(11-20-17)18(24)25-4-2/h2,10-13,15H,1,3-9H2,(H,21,22);2,10-13H,1,3-9H2,(H,20,21);3,10-13H,1,4-9H2,2H3,(H,20,21);3,10-12H,1,4-9H2,2H3,(H,19,20). The number of hydrogen-bond acceptors (Lipinski definition) is 16. The molecule has 2 saturated carbocycles. The zero-order valence-electron chi connectivity index (χ0n) is 57.3. The number of H-pyrrole nitrogens is 4. The molecule has 0 unspecified atom stereocenters. The summed E-state index contributed by atoms with van der Waals surface area (Å²) in [5.41, 5.74) is 10.5. The SMILES string of the molecule is C=CC(=O)N1CCC(Cc2cnc3[nH]cc(C(=O)C4CC4)c3c2)CC1.C=CC(=O)N1CCC(Cc2cnc3[nH]cc(C(=O)C4CC4)c3n2)CC1.C=CC(=O)N1CCC(Cc2cnc3[nH]cc(C(=O)OCC)c3c2)CC1.C=CC(=O)N1CCC(Cc2cnc3[nH]cc(C(=O)OCC)c3n2)CC1. The van der Waals surface area contributed by atoms with Crippen LogP contribution in [0.25, 0.3) is 44.4 Å². The van der Waals surface area contributed by atoms with Crippen LogP contribution >= 0.6 is 0 Å². The Morgan fingerprint density at radius 3 is 1.10 bits per heavy atom. The van der Waals surface area contributed by atoms with Gasteiger partial charge in [-0.25, -0.2) is 39.5 Å². The molecule has 0 aromatic carbocycles. The maximum Gasteiger partial charge on any atom is 0.341 e. The monoisotopic (exact) mass is 1360 g/mol. The Morgan fingerprint density at radius 1 is 0.410 bits per heavy atom. The number of hydrogen-bond donors (Lipinski definition) is 4. The highest BCUT2D eigenvalue weighted by atomic mass is 16.5. The lowest BCUT2D eigenvalue weighted by atomic mass is 9.90. The molecule has 4 saturated heterocycles. The summed E-state index contributed by atoms with van der Waals surface area (Å²) in [7, 11) is 0. The molecular formula is C76H90N14O10. The Morgan fingerprint density at radius 2 is 0.720 bits per heavy atom. The largest absolute Gasteiger partial charge is 0.462 e. The molecule has 4 amide bonds. The predicted molar refractivity (Wildman–Crippen MR) is 379 cm³/mol. The number of ketones is 2. The minimum atomic E-state index is -0.392. The number of nitrogens with zero attached hydrogens (tertiary/aromatic N) is 10. The van der Waals surface area contributed by atoms with Gasteiger partial charge in [0.15, 0.2) is 22.9 Å². The van der Waals surface area contributed by atoms with Gasteiger partial charge < -0.3 is 49.0 Å². The van der Waals surface area contributed by atoms with Crippen molar-refractivity contribution in [3.05, 3.63) is 157 Å². The number of carbonyl (C=O) groups excluding carboxylic acids is 8. The van der Waals surface area contributed by atoms with E-state index in [0.717, 1.165) is 194 Å². The lowest BCUT2D eigenvalue weighted by Crippen LogP contribution is -2.37. The van der Waals surface area contributed by atoms with E-state index in [2.05, 4.69) is 77.2 Å². The van der Waals surface area contributed by atoms with Gasteiger partial charge in [-0.05, 0) is 188 Å². The van der Waals surface area contributed by atoms with Gasteiger partial charge in [-0.1, -0.05) is 26.3 Å². The van der Waals surface area contributed by atoms with E-state index in [-0.39, 0.29) is 53.0 Å². The van der Waals surface area contributed by atoms with Crippen molar-refractivity contribution in [2.45, 2.75) is 117 Å². The molecule has 0 atom stereocenters. The Balaban J connectivity index is 0.000000134. The molecule has 14 rings (SSSR count). The van der Waals surface area contributed by atoms with Crippen molar-refractivity contribution in [3.8, 4) is 0 Å². The van der Waals surface area contributed by atoms with E-state index < -0.39 is 5.97 Å². The number of Topliss-reactive ketones (excluding diaryl/α,β-unsaturated/α-hetero) is 2. The first kappa shape index (κ1) is 71.0. The smallest absolute Gasteiger partial charge is 0.341 e. The molecule has 524 valence electrons. The highest BCUT2D eigenvalue weighted by Crippen LogP contribution is 2.37. The summed E-state index contributed by atoms with van der Waals surface area (Å²) in [5, 5.41) is 1.75. The molecule has 8 aromatic heterocycles. The molecule has 24 heteroatoms. The fourth-order valence-electron chi connectivity index (χ4n) is 13.8. The Hall–Kier alpha value is -10.3. The van der Waals surface area contributed by atoms with Crippen LogP contribution in [0.15, 0.2) is 112 Å². The number of fused-ring (bicyclic) bond motifs is 4. The van der Waals surface area contributed by atoms with Gasteiger partial charge in [0.05, 0.1) is 48.1 Å². The summed E-state index contributed by atoms with van der Waals surface area (Å²) in [5.74, 6) is 2.15. The van der Waals surface area contributed by atoms with Crippen molar-refractivity contribution < 1.29 is 47.8 Å². The van der Waals surface area contributed by atoms with E-state index >= 15 is 0 Å². The first-order valence-corrected chi connectivity index (χ1v) is 35.2. The molecule has 6 fully saturated rings. The third kappa shape index (κ3) is 17.6. The van der Waals surface area contributed by atoms with Crippen LogP contribution in [0.2, 0.25) is 0 Å². The number of pyridine rings is 2. The predicted octanol–water partition coefficient (Wildman–Crippen LogP) is 10.4. The van der Waals surface area contributed by atoms with Gasteiger partial charge in [0, 0.05) is 118 Å². The van der Waals surface area contributed by atoms with Crippen LogP contribution < -0.4 is 0 Å². The summed E-state index contributed by atoms with van der Waals surface area (Å²) in [6.45, 7) is 24.5. The highest BCUT2D eigenvalue weighted by Gasteiger charge is 2.34. The fourth-order valence-corrected chi connectivity index (χ4v) is 13.8. The second kappa shape index (κ2) is 33.1. The number of aromatic amines is 4. The first-order valence-electron chi connectivity index (χ1n) is 35.2. The third-order valence-electron chi connectivity index (χ3n) is 19.9. The van der Waals surface area contributed by atoms with Gasteiger partial charge >= 0.3 is 11.9 Å². The zero-order chi connectivity index (χ0) is 70.4. The van der Waals surface area contributed by atoms with E-state index in [1.807, 2.05) is 44.3 Å². The molecule has 4 aliphatic heterocycles. The summed E-state index contributed by atoms with van der Waals surface area (Å²) in [4.78, 5) is 142. The quantitative estimate of drug-likeness (QED) is 0.0313. The molecule has 12 heterocycles. The van der Waals surface area contributed by atoms with Crippen molar-refractivity contribution in [1.29, 1.82) is 0 Å². The number of carbonyl (C=O) groups is 8. The maximum atomic E-state index is 12.4. The molecule has 0 bridgehead atoms. The average Bonchev–Trinajstić information content (AvgIpc) is 1.65. The second-order valence-corrected chi connectivity index (χ2v) is 26.8. The molecule has 0 radical (unpaired) electrons. The van der Waals surface area contributed by atoms with Crippen molar-refractivity contribution in [3.63, 3.8) is 0 Å². The van der Waals surface area contributed by atoms with Crippen molar-refractivity contribution in [1.82, 2.24) is 69.4 Å². The number of rotatable bonds is 20. The van der Waals surface area contributed by atoms with E-state index in [0.29, 0.717) is 81.6 Å². The summed E-state index contributed by atoms with van der Waals surface area (Å²) in [6, 6.07) is 4.14. The first-order chi connectivity index (χ1) is 48.5. The number of amides is 4. The normalized spacial score (nSPS) is 16.9. The summed E-state index contributed by atoms with van der Waals surface area (Å²) < 4.78 is 10.2. The van der Waals surface area contributed by atoms with E-state index in [4.69, 9.17) is 14.5 Å². The van der Waals surface area contributed by atoms with Crippen LogP contribution in [0.1, 0.15) is 155 Å². The van der Waals surface area contributed by atoms with E-state index in [9.17, 15) is 38.4 Å². The van der Waals surface area contributed by atoms with Crippen LogP contribution in [0.4, 0.5) is 0 Å². The van der Waals surface area contributed by atoms with Gasteiger partial charge in [-0.2, -0.15) is 0 Å². The van der Waals surface area contributed by atoms with Gasteiger partial charge in [0.1, 0.15) is 27.9 Å². The molecule has 0 spiro atoms. The second-order valence-electron chi connectivity index (χ2n) is 26.8. The zero-order valence-corrected chi connectivity index (χ0v) is 57.3. The number of ether oxygens (including phenoxy) is 2. The number of aromatic nitrogens is 10. The Bertz CT molecular complexity index is 4060. The molecule has 24 nitrogen and oxygen atoms in total. The highest BCUT2D eigenvalue weighted by molar-refractivity contribution is 6.10. The number of piperidine rings is 4. The molecule has 4 N–H and O–H groups in total. The maximum absolute atomic E-state index is 12.4. The lowest BCUT2D eigenvalue weighted by molar-refractivity contribution is -0.128. The van der Waals surface area contributed by atoms with Crippen LogP contribution in [-0.4, -0.2) is 182 Å². The molecule has 2 aliphatic carbocycles. The summed E-state index contributed by atoms with van der Waals surface area (Å²) >= 11 is 0.